The smallest absolute Gasteiger partial charge is 0.367 e. The Morgan fingerprint density at radius 3 is 2.47 bits per heavy atom. The maximum absolute atomic E-state index is 13.1. The Balaban J connectivity index is 1.66. The Hall–Kier alpha value is -3.06. The first-order valence-corrected chi connectivity index (χ1v) is 11.6. The number of unbranched alkanes of at least 4 members (excludes halogenated alkanes) is 2. The Morgan fingerprint density at radius 1 is 0.971 bits per heavy atom. The molecule has 7 heteroatoms. The van der Waals surface area contributed by atoms with Gasteiger partial charge in [-0.15, -0.1) is 0 Å². The van der Waals surface area contributed by atoms with E-state index in [1.54, 1.807) is 11.0 Å². The van der Waals surface area contributed by atoms with Crippen molar-refractivity contribution in [2.45, 2.75) is 52.1 Å². The Bertz CT molecular complexity index is 1030. The van der Waals surface area contributed by atoms with E-state index in [9.17, 15) is 18.0 Å². The molecule has 0 aliphatic heterocycles. The van der Waals surface area contributed by atoms with Crippen LogP contribution < -0.4 is 0 Å². The summed E-state index contributed by atoms with van der Waals surface area (Å²) < 4.78 is 46.8. The molecule has 34 heavy (non-hydrogen) atoms. The molecule has 4 nitrogen and oxygen atoms in total. The molecule has 1 aromatic heterocycles. The number of benzene rings is 2. The van der Waals surface area contributed by atoms with Gasteiger partial charge in [-0.1, -0.05) is 62.2 Å². The van der Waals surface area contributed by atoms with E-state index in [4.69, 9.17) is 4.74 Å². The normalized spacial score (nSPS) is 11.5. The largest absolute Gasteiger partial charge is 0.416 e. The Kier molecular flexibility index (Phi) is 9.33. The SMILES string of the molecule is CCCCCN(Cc1cccn1Cc1cccc(C(F)(F)F)c1)C(=O)COCc1ccccc1. The number of nitrogens with zero attached hydrogens (tertiary/aromatic N) is 2. The van der Waals surface area contributed by atoms with Crippen LogP contribution >= 0.6 is 0 Å². The predicted molar refractivity (Wildman–Crippen MR) is 126 cm³/mol. The third-order valence-electron chi connectivity index (χ3n) is 5.61. The van der Waals surface area contributed by atoms with Crippen LogP contribution in [-0.2, 0) is 35.4 Å². The number of alkyl halides is 3. The zero-order valence-electron chi connectivity index (χ0n) is 19.4. The van der Waals surface area contributed by atoms with Crippen LogP contribution in [0.4, 0.5) is 13.2 Å². The lowest BCUT2D eigenvalue weighted by Gasteiger charge is -2.24. The van der Waals surface area contributed by atoms with Crippen molar-refractivity contribution in [3.05, 3.63) is 95.3 Å². The van der Waals surface area contributed by atoms with Crippen molar-refractivity contribution in [2.75, 3.05) is 13.2 Å². The van der Waals surface area contributed by atoms with Gasteiger partial charge in [0.25, 0.3) is 0 Å². The second kappa shape index (κ2) is 12.4. The number of aromatic nitrogens is 1. The maximum atomic E-state index is 13.1. The summed E-state index contributed by atoms with van der Waals surface area (Å²) in [5.74, 6) is -0.0983. The predicted octanol–water partition coefficient (Wildman–Crippen LogP) is 6.29. The van der Waals surface area contributed by atoms with Crippen molar-refractivity contribution >= 4 is 5.91 Å². The molecule has 0 aliphatic rings. The van der Waals surface area contributed by atoms with Gasteiger partial charge >= 0.3 is 6.18 Å². The van der Waals surface area contributed by atoms with E-state index in [-0.39, 0.29) is 12.5 Å². The number of amides is 1. The van der Waals surface area contributed by atoms with Crippen LogP contribution in [0.15, 0.2) is 72.9 Å². The minimum atomic E-state index is -4.38. The van der Waals surface area contributed by atoms with E-state index in [2.05, 4.69) is 6.92 Å². The molecule has 3 rings (SSSR count). The van der Waals surface area contributed by atoms with E-state index in [1.807, 2.05) is 53.2 Å². The van der Waals surface area contributed by atoms with Gasteiger partial charge in [0.2, 0.25) is 5.91 Å². The first-order valence-electron chi connectivity index (χ1n) is 11.6. The topological polar surface area (TPSA) is 34.5 Å². The number of hydrogen-bond donors (Lipinski definition) is 0. The molecule has 3 aromatic rings. The minimum Gasteiger partial charge on any atom is -0.367 e. The highest BCUT2D eigenvalue weighted by molar-refractivity contribution is 5.77. The zero-order chi connectivity index (χ0) is 24.4. The fraction of sp³-hybridized carbons (Fsp3) is 0.370. The maximum Gasteiger partial charge on any atom is 0.416 e. The van der Waals surface area contributed by atoms with Crippen LogP contribution in [0.3, 0.4) is 0 Å². The van der Waals surface area contributed by atoms with Crippen molar-refractivity contribution < 1.29 is 22.7 Å². The van der Waals surface area contributed by atoms with E-state index >= 15 is 0 Å². The van der Waals surface area contributed by atoms with Crippen molar-refractivity contribution in [2.24, 2.45) is 0 Å². The van der Waals surface area contributed by atoms with Crippen LogP contribution in [0, 0.1) is 0 Å². The molecular weight excluding hydrogens is 441 g/mol. The van der Waals surface area contributed by atoms with Gasteiger partial charge in [0.1, 0.15) is 6.61 Å². The summed E-state index contributed by atoms with van der Waals surface area (Å²) >= 11 is 0. The lowest BCUT2D eigenvalue weighted by molar-refractivity contribution is -0.138. The summed E-state index contributed by atoms with van der Waals surface area (Å²) in [7, 11) is 0. The lowest BCUT2D eigenvalue weighted by atomic mass is 10.1. The van der Waals surface area contributed by atoms with E-state index in [0.717, 1.165) is 36.6 Å². The average Bonchev–Trinajstić information content (AvgIpc) is 3.25. The van der Waals surface area contributed by atoms with Gasteiger partial charge in [0, 0.05) is 25.0 Å². The summed E-state index contributed by atoms with van der Waals surface area (Å²) in [4.78, 5) is 14.7. The molecule has 0 fully saturated rings. The monoisotopic (exact) mass is 472 g/mol. The molecule has 0 N–H and O–H groups in total. The molecule has 0 atom stereocenters. The molecular formula is C27H31F3N2O2. The van der Waals surface area contributed by atoms with Crippen LogP contribution in [0.25, 0.3) is 0 Å². The van der Waals surface area contributed by atoms with Crippen molar-refractivity contribution in [3.63, 3.8) is 0 Å². The molecule has 0 radical (unpaired) electrons. The second-order valence-corrected chi connectivity index (χ2v) is 8.33. The van der Waals surface area contributed by atoms with Crippen molar-refractivity contribution in [1.82, 2.24) is 9.47 Å². The third kappa shape index (κ3) is 7.76. The number of halogens is 3. The summed E-state index contributed by atoms with van der Waals surface area (Å²) in [6.45, 7) is 3.74. The average molecular weight is 473 g/mol. The third-order valence-corrected chi connectivity index (χ3v) is 5.61. The summed E-state index contributed by atoms with van der Waals surface area (Å²) in [6.07, 6.45) is 0.390. The first-order chi connectivity index (χ1) is 16.4. The molecule has 2 aromatic carbocycles. The molecule has 0 unspecified atom stereocenters. The van der Waals surface area contributed by atoms with Gasteiger partial charge in [-0.25, -0.2) is 0 Å². The fourth-order valence-corrected chi connectivity index (χ4v) is 3.75. The minimum absolute atomic E-state index is 0.0185. The van der Waals surface area contributed by atoms with Gasteiger partial charge in [-0.2, -0.15) is 13.2 Å². The van der Waals surface area contributed by atoms with Crippen LogP contribution in [0.2, 0.25) is 0 Å². The molecule has 1 amide bonds. The van der Waals surface area contributed by atoms with E-state index in [1.165, 1.54) is 12.1 Å². The molecule has 0 spiro atoms. The van der Waals surface area contributed by atoms with E-state index < -0.39 is 11.7 Å². The van der Waals surface area contributed by atoms with Gasteiger partial charge in [-0.05, 0) is 41.8 Å². The molecule has 1 heterocycles. The Labute approximate surface area is 199 Å². The standard InChI is InChI=1S/C27H31F3N2O2/c1-2-3-7-15-32(26(33)21-34-20-22-10-5-4-6-11-22)19-25-14-9-16-31(25)18-23-12-8-13-24(17-23)27(28,29)30/h4-6,8-14,16-17H,2-3,7,15,18-21H2,1H3. The lowest BCUT2D eigenvalue weighted by Crippen LogP contribution is -2.35. The van der Waals surface area contributed by atoms with Gasteiger partial charge in [0.05, 0.1) is 18.7 Å². The highest BCUT2D eigenvalue weighted by atomic mass is 19.4. The van der Waals surface area contributed by atoms with Gasteiger partial charge < -0.3 is 14.2 Å². The van der Waals surface area contributed by atoms with Crippen molar-refractivity contribution in [1.29, 1.82) is 0 Å². The zero-order valence-corrected chi connectivity index (χ0v) is 19.4. The highest BCUT2D eigenvalue weighted by Crippen LogP contribution is 2.29. The molecule has 182 valence electrons. The van der Waals surface area contributed by atoms with Crippen molar-refractivity contribution in [3.8, 4) is 0 Å². The fourth-order valence-electron chi connectivity index (χ4n) is 3.75. The quantitative estimate of drug-likeness (QED) is 0.290. The second-order valence-electron chi connectivity index (χ2n) is 8.33. The number of carbonyl (C=O) groups excluding carboxylic acids is 1. The van der Waals surface area contributed by atoms with Crippen LogP contribution in [-0.4, -0.2) is 28.5 Å². The van der Waals surface area contributed by atoms with E-state index in [0.29, 0.717) is 31.8 Å². The van der Waals surface area contributed by atoms with Gasteiger partial charge in [-0.3, -0.25) is 4.79 Å². The number of carbonyl (C=O) groups is 1. The molecule has 0 saturated carbocycles. The number of hydrogen-bond acceptors (Lipinski definition) is 2. The summed E-state index contributed by atoms with van der Waals surface area (Å²) in [5, 5.41) is 0. The van der Waals surface area contributed by atoms with Gasteiger partial charge in [0.15, 0.2) is 0 Å². The summed E-state index contributed by atoms with van der Waals surface area (Å²) in [6, 6.07) is 18.8. The number of ether oxygens (including phenoxy) is 1. The molecule has 0 saturated heterocycles. The molecule has 0 aliphatic carbocycles. The number of rotatable bonds is 12. The highest BCUT2D eigenvalue weighted by Gasteiger charge is 2.30. The summed E-state index contributed by atoms with van der Waals surface area (Å²) in [5.41, 5.74) is 1.76. The van der Waals surface area contributed by atoms with Crippen LogP contribution in [0.5, 0.6) is 0 Å². The Morgan fingerprint density at radius 2 is 1.74 bits per heavy atom. The molecule has 0 bridgehead atoms. The first kappa shape index (κ1) is 25.6. The van der Waals surface area contributed by atoms with Crippen LogP contribution in [0.1, 0.15) is 48.6 Å².